The van der Waals surface area contributed by atoms with Crippen LogP contribution < -0.4 is 10.6 Å². The molecule has 1 saturated carbocycles. The van der Waals surface area contributed by atoms with Gasteiger partial charge in [-0.3, -0.25) is 0 Å². The van der Waals surface area contributed by atoms with E-state index in [1.54, 1.807) is 0 Å². The smallest absolute Gasteiger partial charge is 0.319 e. The normalized spacial score (nSPS) is 15.4. The second kappa shape index (κ2) is 9.22. The average Bonchev–Trinajstić information content (AvgIpc) is 2.98. The molecule has 0 aliphatic heterocycles. The number of aromatic nitrogens is 2. The van der Waals surface area contributed by atoms with Gasteiger partial charge in [-0.15, -0.1) is 0 Å². The first kappa shape index (κ1) is 19.7. The van der Waals surface area contributed by atoms with Crippen LogP contribution in [0.3, 0.4) is 0 Å². The summed E-state index contributed by atoms with van der Waals surface area (Å²) in [5, 5.41) is 6.07. The van der Waals surface area contributed by atoms with Gasteiger partial charge in [0.1, 0.15) is 5.82 Å². The maximum Gasteiger partial charge on any atom is 0.319 e. The molecular formula is C21H33N5O. The topological polar surface area (TPSA) is 62.2 Å². The summed E-state index contributed by atoms with van der Waals surface area (Å²) in [5.74, 6) is 1.08. The number of imidazole rings is 1. The van der Waals surface area contributed by atoms with E-state index in [0.29, 0.717) is 6.04 Å². The molecule has 148 valence electrons. The number of nitrogens with zero attached hydrogens (tertiary/aromatic N) is 3. The molecule has 3 rings (SSSR count). The van der Waals surface area contributed by atoms with Crippen molar-refractivity contribution in [2.24, 2.45) is 7.05 Å². The monoisotopic (exact) mass is 371 g/mol. The summed E-state index contributed by atoms with van der Waals surface area (Å²) in [5.41, 5.74) is 2.83. The van der Waals surface area contributed by atoms with Crippen LogP contribution in [0.2, 0.25) is 0 Å². The molecule has 0 radical (unpaired) electrons. The van der Waals surface area contributed by atoms with Crippen molar-refractivity contribution in [2.75, 3.05) is 25.0 Å². The summed E-state index contributed by atoms with van der Waals surface area (Å²) in [7, 11) is 2.07. The Morgan fingerprint density at radius 2 is 1.96 bits per heavy atom. The van der Waals surface area contributed by atoms with Crippen molar-refractivity contribution in [3.8, 4) is 0 Å². The van der Waals surface area contributed by atoms with Crippen molar-refractivity contribution in [2.45, 2.75) is 58.4 Å². The predicted molar refractivity (Wildman–Crippen MR) is 111 cm³/mol. The van der Waals surface area contributed by atoms with E-state index in [4.69, 9.17) is 4.98 Å². The summed E-state index contributed by atoms with van der Waals surface area (Å²) >= 11 is 0. The lowest BCUT2D eigenvalue weighted by atomic mass is 9.96. The number of hydrogen-bond donors (Lipinski definition) is 2. The van der Waals surface area contributed by atoms with Gasteiger partial charge in [0.05, 0.1) is 11.0 Å². The number of fused-ring (bicyclic) bond motifs is 1. The lowest BCUT2D eigenvalue weighted by Gasteiger charge is -2.22. The Kier molecular flexibility index (Phi) is 6.72. The number of carbonyl (C=O) groups is 1. The molecule has 1 aromatic carbocycles. The molecule has 6 heteroatoms. The predicted octanol–water partition coefficient (Wildman–Crippen LogP) is 3.91. The first-order chi connectivity index (χ1) is 13.1. The lowest BCUT2D eigenvalue weighted by Crippen LogP contribution is -2.38. The van der Waals surface area contributed by atoms with E-state index in [1.807, 2.05) is 18.2 Å². The summed E-state index contributed by atoms with van der Waals surface area (Å²) in [4.78, 5) is 19.5. The standard InChI is InChI=1S/C21H33N5O/c1-4-26(5-2)14-13-20-24-18-15-17(11-12-19(18)25(20)3)23-21(27)22-16-9-7-6-8-10-16/h11-12,15-16H,4-10,13-14H2,1-3H3,(H2,22,23,27). The number of aryl methyl sites for hydroxylation is 1. The van der Waals surface area contributed by atoms with E-state index in [9.17, 15) is 4.79 Å². The van der Waals surface area contributed by atoms with E-state index >= 15 is 0 Å². The second-order valence-electron chi connectivity index (χ2n) is 7.50. The Morgan fingerprint density at radius 1 is 1.22 bits per heavy atom. The fourth-order valence-corrected chi connectivity index (χ4v) is 3.95. The number of amides is 2. The van der Waals surface area contributed by atoms with Crippen LogP contribution in [0.4, 0.5) is 10.5 Å². The zero-order valence-corrected chi connectivity index (χ0v) is 16.9. The number of likely N-dealkylation sites (N-methyl/N-ethyl adjacent to an activating group) is 1. The molecule has 0 atom stereocenters. The Morgan fingerprint density at radius 3 is 2.67 bits per heavy atom. The van der Waals surface area contributed by atoms with Crippen LogP contribution in [0.5, 0.6) is 0 Å². The third kappa shape index (κ3) is 5.01. The fourth-order valence-electron chi connectivity index (χ4n) is 3.95. The van der Waals surface area contributed by atoms with E-state index in [2.05, 4.69) is 41.0 Å². The van der Waals surface area contributed by atoms with E-state index in [0.717, 1.165) is 61.4 Å². The van der Waals surface area contributed by atoms with Gasteiger partial charge >= 0.3 is 6.03 Å². The molecule has 2 amide bonds. The Labute approximate surface area is 162 Å². The highest BCUT2D eigenvalue weighted by atomic mass is 16.2. The largest absolute Gasteiger partial charge is 0.335 e. The van der Waals surface area contributed by atoms with Crippen LogP contribution >= 0.6 is 0 Å². The minimum absolute atomic E-state index is 0.112. The molecule has 0 bridgehead atoms. The SMILES string of the molecule is CCN(CC)CCc1nc2cc(NC(=O)NC3CCCCC3)ccc2n1C. The molecule has 1 aliphatic carbocycles. The van der Waals surface area contributed by atoms with Gasteiger partial charge in [-0.25, -0.2) is 9.78 Å². The molecule has 2 N–H and O–H groups in total. The zero-order chi connectivity index (χ0) is 19.2. The van der Waals surface area contributed by atoms with Crippen molar-refractivity contribution < 1.29 is 4.79 Å². The molecule has 27 heavy (non-hydrogen) atoms. The van der Waals surface area contributed by atoms with Crippen molar-refractivity contribution in [3.05, 3.63) is 24.0 Å². The van der Waals surface area contributed by atoms with Gasteiger partial charge in [0.15, 0.2) is 0 Å². The number of carbonyl (C=O) groups excluding carboxylic acids is 1. The summed E-state index contributed by atoms with van der Waals surface area (Å²) < 4.78 is 2.16. The summed E-state index contributed by atoms with van der Waals surface area (Å²) in [6, 6.07) is 6.16. The van der Waals surface area contributed by atoms with E-state index < -0.39 is 0 Å². The maximum absolute atomic E-state index is 12.3. The molecule has 1 fully saturated rings. The molecule has 0 spiro atoms. The highest BCUT2D eigenvalue weighted by Gasteiger charge is 2.16. The summed E-state index contributed by atoms with van der Waals surface area (Å²) in [6.45, 7) is 7.51. The van der Waals surface area contributed by atoms with Crippen LogP contribution in [0.15, 0.2) is 18.2 Å². The lowest BCUT2D eigenvalue weighted by molar-refractivity contribution is 0.244. The quantitative estimate of drug-likeness (QED) is 0.776. The number of benzene rings is 1. The number of nitrogens with one attached hydrogen (secondary N) is 2. The Balaban J connectivity index is 1.64. The molecule has 2 aromatic rings. The van der Waals surface area contributed by atoms with Gasteiger partial charge in [0.25, 0.3) is 0 Å². The average molecular weight is 372 g/mol. The third-order valence-corrected chi connectivity index (χ3v) is 5.72. The third-order valence-electron chi connectivity index (χ3n) is 5.72. The highest BCUT2D eigenvalue weighted by molar-refractivity contribution is 5.92. The number of anilines is 1. The van der Waals surface area contributed by atoms with E-state index in [-0.39, 0.29) is 6.03 Å². The number of rotatable bonds is 7. The highest BCUT2D eigenvalue weighted by Crippen LogP contribution is 2.21. The van der Waals surface area contributed by atoms with Gasteiger partial charge in [0, 0.05) is 31.7 Å². The maximum atomic E-state index is 12.3. The van der Waals surface area contributed by atoms with Crippen LogP contribution in [0, 0.1) is 0 Å². The minimum atomic E-state index is -0.112. The molecule has 0 saturated heterocycles. The fraction of sp³-hybridized carbons (Fsp3) is 0.619. The van der Waals surface area contributed by atoms with Crippen molar-refractivity contribution in [1.82, 2.24) is 19.8 Å². The van der Waals surface area contributed by atoms with Gasteiger partial charge in [-0.1, -0.05) is 33.1 Å². The van der Waals surface area contributed by atoms with Crippen molar-refractivity contribution in [3.63, 3.8) is 0 Å². The molecule has 1 aromatic heterocycles. The van der Waals surface area contributed by atoms with Gasteiger partial charge < -0.3 is 20.1 Å². The van der Waals surface area contributed by atoms with Crippen molar-refractivity contribution >= 4 is 22.8 Å². The first-order valence-electron chi connectivity index (χ1n) is 10.4. The van der Waals surface area contributed by atoms with Crippen LogP contribution in [0.1, 0.15) is 51.8 Å². The summed E-state index contributed by atoms with van der Waals surface area (Å²) in [6.07, 6.45) is 6.80. The minimum Gasteiger partial charge on any atom is -0.335 e. The van der Waals surface area contributed by atoms with Crippen LogP contribution in [-0.2, 0) is 13.5 Å². The first-order valence-corrected chi connectivity index (χ1v) is 10.4. The number of hydrogen-bond acceptors (Lipinski definition) is 3. The van der Waals surface area contributed by atoms with Gasteiger partial charge in [-0.2, -0.15) is 0 Å². The Hall–Kier alpha value is -2.08. The Bertz CT molecular complexity index is 759. The molecular weight excluding hydrogens is 338 g/mol. The molecule has 0 unspecified atom stereocenters. The van der Waals surface area contributed by atoms with Crippen LogP contribution in [0.25, 0.3) is 11.0 Å². The number of urea groups is 1. The second-order valence-corrected chi connectivity index (χ2v) is 7.50. The van der Waals surface area contributed by atoms with E-state index in [1.165, 1.54) is 19.3 Å². The van der Waals surface area contributed by atoms with Gasteiger partial charge in [-0.05, 0) is 44.1 Å². The zero-order valence-electron chi connectivity index (χ0n) is 16.9. The molecule has 6 nitrogen and oxygen atoms in total. The van der Waals surface area contributed by atoms with Gasteiger partial charge in [0.2, 0.25) is 0 Å². The molecule has 1 aliphatic rings. The van der Waals surface area contributed by atoms with Crippen molar-refractivity contribution in [1.29, 1.82) is 0 Å². The molecule has 1 heterocycles. The van der Waals surface area contributed by atoms with Crippen LogP contribution in [-0.4, -0.2) is 46.2 Å².